The Hall–Kier alpha value is -4.83. The first-order valence-electron chi connectivity index (χ1n) is 12.3. The Labute approximate surface area is 234 Å². The van der Waals surface area contributed by atoms with E-state index < -0.39 is 4.92 Å². The number of ether oxygens (including phenoxy) is 3. The molecular weight excluding hydrogens is 532 g/mol. The van der Waals surface area contributed by atoms with E-state index in [4.69, 9.17) is 14.2 Å². The molecule has 1 aliphatic heterocycles. The number of nitro benzene ring substituents is 1. The lowest BCUT2D eigenvalue weighted by molar-refractivity contribution is -0.384. The van der Waals surface area contributed by atoms with Gasteiger partial charge in [0.05, 0.1) is 23.5 Å². The summed E-state index contributed by atoms with van der Waals surface area (Å²) in [6.45, 7) is 0.491. The molecule has 0 aromatic heterocycles. The van der Waals surface area contributed by atoms with Gasteiger partial charge in [-0.05, 0) is 64.7 Å². The lowest BCUT2D eigenvalue weighted by atomic mass is 10.1. The minimum atomic E-state index is -0.457. The van der Waals surface area contributed by atoms with E-state index in [-0.39, 0.29) is 36.6 Å². The highest BCUT2D eigenvalue weighted by Gasteiger charge is 2.34. The van der Waals surface area contributed by atoms with Crippen molar-refractivity contribution in [2.75, 3.05) is 20.3 Å². The summed E-state index contributed by atoms with van der Waals surface area (Å²) >= 11 is 0.877. The van der Waals surface area contributed by atoms with Crippen molar-refractivity contribution in [1.29, 1.82) is 0 Å². The molecule has 0 unspecified atom stereocenters. The van der Waals surface area contributed by atoms with E-state index in [0.717, 1.165) is 28.1 Å². The van der Waals surface area contributed by atoms with E-state index in [2.05, 4.69) is 0 Å². The quantitative estimate of drug-likeness (QED) is 0.125. The number of benzene rings is 4. The van der Waals surface area contributed by atoms with Crippen LogP contribution >= 0.6 is 11.8 Å². The van der Waals surface area contributed by atoms with Crippen LogP contribution in [-0.2, 0) is 11.4 Å². The number of rotatable bonds is 10. The van der Waals surface area contributed by atoms with Gasteiger partial charge in [0.2, 0.25) is 0 Å². The van der Waals surface area contributed by atoms with Crippen molar-refractivity contribution in [3.63, 3.8) is 0 Å². The zero-order chi connectivity index (χ0) is 28.1. The van der Waals surface area contributed by atoms with Crippen molar-refractivity contribution < 1.29 is 28.7 Å². The molecule has 202 valence electrons. The van der Waals surface area contributed by atoms with Crippen molar-refractivity contribution in [2.45, 2.75) is 6.61 Å². The summed E-state index contributed by atoms with van der Waals surface area (Å²) in [6, 6.07) is 24.9. The predicted molar refractivity (Wildman–Crippen MR) is 153 cm³/mol. The maximum Gasteiger partial charge on any atom is 0.293 e. The summed E-state index contributed by atoms with van der Waals surface area (Å²) in [5.74, 6) is 1.23. The molecule has 0 bridgehead atoms. The summed E-state index contributed by atoms with van der Waals surface area (Å²) in [4.78, 5) is 37.4. The molecule has 1 aliphatic rings. The summed E-state index contributed by atoms with van der Waals surface area (Å²) in [5.41, 5.74) is 1.43. The van der Waals surface area contributed by atoms with Gasteiger partial charge in [0.25, 0.3) is 16.8 Å². The molecule has 1 heterocycles. The first kappa shape index (κ1) is 26.8. The van der Waals surface area contributed by atoms with E-state index in [1.807, 2.05) is 42.5 Å². The zero-order valence-electron chi connectivity index (χ0n) is 21.4. The number of carbonyl (C=O) groups is 2. The number of carbonyl (C=O) groups excluding carboxylic acids is 2. The molecule has 10 heteroatoms. The van der Waals surface area contributed by atoms with Crippen LogP contribution in [-0.4, -0.2) is 41.2 Å². The molecule has 0 atom stereocenters. The van der Waals surface area contributed by atoms with Crippen LogP contribution < -0.4 is 14.2 Å². The fraction of sp³-hybridized carbons (Fsp3) is 0.133. The molecule has 0 N–H and O–H groups in total. The molecular formula is C30H24N2O7S. The standard InChI is InChI=1S/C30H24N2O7S/c1-37-27-17-21(11-14-26(27)39-19-20-9-12-23(13-10-20)32(35)36)18-28-29(33)31(30(34)40-28)15-16-38-25-8-4-6-22-5-2-3-7-24(22)25/h2-14,17-18H,15-16,19H2,1H3/b28-18-. The smallest absolute Gasteiger partial charge is 0.293 e. The molecule has 9 nitrogen and oxygen atoms in total. The second-order valence-electron chi connectivity index (χ2n) is 8.78. The second kappa shape index (κ2) is 11.9. The van der Waals surface area contributed by atoms with Crippen LogP contribution in [0.4, 0.5) is 10.5 Å². The fourth-order valence-corrected chi connectivity index (χ4v) is 5.05. The maximum atomic E-state index is 13.0. The van der Waals surface area contributed by atoms with Gasteiger partial charge in [-0.2, -0.15) is 0 Å². The highest BCUT2D eigenvalue weighted by molar-refractivity contribution is 8.18. The summed E-state index contributed by atoms with van der Waals surface area (Å²) in [6.07, 6.45) is 1.64. The van der Waals surface area contributed by atoms with Gasteiger partial charge in [-0.1, -0.05) is 42.5 Å². The normalized spacial score (nSPS) is 14.1. The molecule has 40 heavy (non-hydrogen) atoms. The Kier molecular flexibility index (Phi) is 7.97. The summed E-state index contributed by atoms with van der Waals surface area (Å²) in [7, 11) is 1.50. The third kappa shape index (κ3) is 5.92. The van der Waals surface area contributed by atoms with Crippen LogP contribution in [0.25, 0.3) is 16.8 Å². The third-order valence-electron chi connectivity index (χ3n) is 6.22. The predicted octanol–water partition coefficient (Wildman–Crippen LogP) is 6.45. The molecule has 4 aromatic carbocycles. The van der Waals surface area contributed by atoms with Gasteiger partial charge < -0.3 is 14.2 Å². The number of amides is 2. The molecule has 0 radical (unpaired) electrons. The molecule has 5 rings (SSSR count). The number of hydrogen-bond acceptors (Lipinski definition) is 8. The van der Waals surface area contributed by atoms with Crippen molar-refractivity contribution >= 4 is 45.4 Å². The Bertz CT molecular complexity index is 1610. The minimum absolute atomic E-state index is 0.00689. The number of hydrogen-bond donors (Lipinski definition) is 0. The number of nitrogens with zero attached hydrogens (tertiary/aromatic N) is 2. The highest BCUT2D eigenvalue weighted by atomic mass is 32.2. The number of thioether (sulfide) groups is 1. The topological polar surface area (TPSA) is 108 Å². The van der Waals surface area contributed by atoms with Gasteiger partial charge in [0.1, 0.15) is 19.0 Å². The molecule has 4 aromatic rings. The Morgan fingerprint density at radius 3 is 2.45 bits per heavy atom. The van der Waals surface area contributed by atoms with Gasteiger partial charge in [-0.15, -0.1) is 0 Å². The van der Waals surface area contributed by atoms with Gasteiger partial charge in [0.15, 0.2) is 11.5 Å². The Morgan fingerprint density at radius 1 is 0.900 bits per heavy atom. The number of fused-ring (bicyclic) bond motifs is 1. The SMILES string of the molecule is COc1cc(/C=C2\SC(=O)N(CCOc3cccc4ccccc34)C2=O)ccc1OCc1ccc([N+](=O)[O-])cc1. The zero-order valence-corrected chi connectivity index (χ0v) is 22.3. The van der Waals surface area contributed by atoms with Crippen molar-refractivity contribution in [2.24, 2.45) is 0 Å². The van der Waals surface area contributed by atoms with Crippen LogP contribution in [0, 0.1) is 10.1 Å². The second-order valence-corrected chi connectivity index (χ2v) is 9.77. The number of nitro groups is 1. The van der Waals surface area contributed by atoms with Gasteiger partial charge in [0, 0.05) is 17.5 Å². The van der Waals surface area contributed by atoms with Crippen LogP contribution in [0.5, 0.6) is 17.2 Å². The summed E-state index contributed by atoms with van der Waals surface area (Å²) < 4.78 is 17.2. The first-order chi connectivity index (χ1) is 19.4. The number of non-ortho nitro benzene ring substituents is 1. The van der Waals surface area contributed by atoms with E-state index in [1.54, 1.807) is 36.4 Å². The average Bonchev–Trinajstić information content (AvgIpc) is 3.24. The lowest BCUT2D eigenvalue weighted by Gasteiger charge is -2.14. The Morgan fingerprint density at radius 2 is 1.68 bits per heavy atom. The molecule has 0 spiro atoms. The molecule has 1 fully saturated rings. The van der Waals surface area contributed by atoms with Crippen LogP contribution in [0.1, 0.15) is 11.1 Å². The van der Waals surface area contributed by atoms with Crippen LogP contribution in [0.2, 0.25) is 0 Å². The van der Waals surface area contributed by atoms with Crippen molar-refractivity contribution in [3.05, 3.63) is 111 Å². The van der Waals surface area contributed by atoms with Crippen LogP contribution in [0.3, 0.4) is 0 Å². The van der Waals surface area contributed by atoms with E-state index >= 15 is 0 Å². The number of methoxy groups -OCH3 is 1. The van der Waals surface area contributed by atoms with E-state index in [1.165, 1.54) is 24.1 Å². The molecule has 2 amide bonds. The maximum absolute atomic E-state index is 13.0. The van der Waals surface area contributed by atoms with Gasteiger partial charge in [-0.25, -0.2) is 0 Å². The monoisotopic (exact) mass is 556 g/mol. The molecule has 0 saturated carbocycles. The molecule has 1 saturated heterocycles. The molecule has 0 aliphatic carbocycles. The van der Waals surface area contributed by atoms with Crippen molar-refractivity contribution in [1.82, 2.24) is 4.90 Å². The average molecular weight is 557 g/mol. The van der Waals surface area contributed by atoms with E-state index in [0.29, 0.717) is 27.7 Å². The summed E-state index contributed by atoms with van der Waals surface area (Å²) in [5, 5.41) is 12.5. The number of imide groups is 1. The largest absolute Gasteiger partial charge is 0.493 e. The first-order valence-corrected chi connectivity index (χ1v) is 13.1. The lowest BCUT2D eigenvalue weighted by Crippen LogP contribution is -2.32. The third-order valence-corrected chi connectivity index (χ3v) is 7.13. The minimum Gasteiger partial charge on any atom is -0.493 e. The van der Waals surface area contributed by atoms with Gasteiger partial charge >= 0.3 is 0 Å². The fourth-order valence-electron chi connectivity index (χ4n) is 4.18. The van der Waals surface area contributed by atoms with Crippen LogP contribution in [0.15, 0.2) is 89.8 Å². The Balaban J connectivity index is 1.22. The van der Waals surface area contributed by atoms with Gasteiger partial charge in [-0.3, -0.25) is 24.6 Å². The van der Waals surface area contributed by atoms with E-state index in [9.17, 15) is 19.7 Å². The highest BCUT2D eigenvalue weighted by Crippen LogP contribution is 2.35. The van der Waals surface area contributed by atoms with Crippen molar-refractivity contribution in [3.8, 4) is 17.2 Å².